The van der Waals surface area contributed by atoms with Gasteiger partial charge in [-0.2, -0.15) is 0 Å². The number of ketones is 4. The number of nitrogens with one attached hydrogen (secondary N) is 1. The molecule has 5 N–H and O–H groups in total. The zero-order valence-corrected chi connectivity index (χ0v) is 30.0. The molecule has 13 nitrogen and oxygen atoms in total. The summed E-state index contributed by atoms with van der Waals surface area (Å²) in [6, 6.07) is 16.2. The topological polar surface area (TPSA) is 203 Å². The molecule has 2 saturated carbocycles. The Morgan fingerprint density at radius 3 is 2.36 bits per heavy atom. The number of Topliss-reactive ketones (excluding diaryl/α,β-unsaturated/α-hetero) is 4. The van der Waals surface area contributed by atoms with Crippen LogP contribution in [0.15, 0.2) is 60.7 Å². The third-order valence-electron chi connectivity index (χ3n) is 10.9. The van der Waals surface area contributed by atoms with Crippen molar-refractivity contribution in [1.29, 1.82) is 0 Å². The minimum Gasteiger partial charge on any atom is -0.507 e. The Bertz CT molecular complexity index is 2000. The van der Waals surface area contributed by atoms with Crippen molar-refractivity contribution in [3.63, 3.8) is 0 Å². The van der Waals surface area contributed by atoms with E-state index in [4.69, 9.17) is 15.2 Å². The first-order valence-corrected chi connectivity index (χ1v) is 17.5. The number of carbonyl (C=O) groups is 6. The van der Waals surface area contributed by atoms with Crippen molar-refractivity contribution in [3.05, 3.63) is 82.9 Å². The molecule has 0 heterocycles. The zero-order chi connectivity index (χ0) is 38.4. The number of esters is 1. The van der Waals surface area contributed by atoms with Crippen LogP contribution >= 0.6 is 0 Å². The van der Waals surface area contributed by atoms with Gasteiger partial charge in [0.25, 0.3) is 0 Å². The fourth-order valence-corrected chi connectivity index (χ4v) is 8.51. The van der Waals surface area contributed by atoms with Gasteiger partial charge in [0.15, 0.2) is 34.7 Å². The molecule has 3 unspecified atom stereocenters. The molecule has 6 rings (SSSR count). The van der Waals surface area contributed by atoms with E-state index in [1.807, 2.05) is 42.5 Å². The first-order valence-electron chi connectivity index (χ1n) is 17.5. The largest absolute Gasteiger partial charge is 0.507 e. The number of nitrogens with two attached hydrogens (primary N) is 1. The normalized spacial score (nSPS) is 25.7. The van der Waals surface area contributed by atoms with Crippen LogP contribution in [-0.2, 0) is 48.1 Å². The lowest BCUT2D eigenvalue weighted by Gasteiger charge is -2.52. The Labute approximate surface area is 306 Å². The van der Waals surface area contributed by atoms with Crippen LogP contribution in [0.25, 0.3) is 11.1 Å². The molecular weight excluding hydrogens is 682 g/mol. The van der Waals surface area contributed by atoms with Gasteiger partial charge >= 0.3 is 5.97 Å². The number of phenols is 1. The van der Waals surface area contributed by atoms with Crippen LogP contribution in [0, 0.1) is 23.7 Å². The summed E-state index contributed by atoms with van der Waals surface area (Å²) in [6.45, 7) is 2.25. The Morgan fingerprint density at radius 2 is 1.72 bits per heavy atom. The molecular formula is C40H43N3O10. The molecule has 0 saturated heterocycles. The Morgan fingerprint density at radius 1 is 1.00 bits per heavy atom. The van der Waals surface area contributed by atoms with Crippen LogP contribution in [0.1, 0.15) is 40.4 Å². The van der Waals surface area contributed by atoms with Gasteiger partial charge in [-0.15, -0.1) is 0 Å². The van der Waals surface area contributed by atoms with Crippen molar-refractivity contribution in [2.75, 3.05) is 27.8 Å². The standard InChI is InChI=1S/C40H43N3O10/c1-5-53-39(50)27(16-20-9-7-6-8-10-20)42-19-21-11-14-29(52-4)24(15-21)23-12-13-28(44)31-25(23)17-22-18-26-33(43(2)3)35(46)32(38(41)49)37(48)40(26,51)36(47)30(22)34(31)45/h6-15,22,26-27,30,32-33,42,44,51H,5,16-19H2,1-4H3,(H2,41,49)/t22-,26-,27?,30?,32?,33-,40-/m0/s1. The van der Waals surface area contributed by atoms with Gasteiger partial charge in [0.2, 0.25) is 5.91 Å². The van der Waals surface area contributed by atoms with Crippen LogP contribution in [0.5, 0.6) is 11.5 Å². The summed E-state index contributed by atoms with van der Waals surface area (Å²) < 4.78 is 11.1. The third-order valence-corrected chi connectivity index (χ3v) is 10.9. The number of likely N-dealkylation sites (N-methyl/N-ethyl adjacent to an activating group) is 1. The highest BCUT2D eigenvalue weighted by Crippen LogP contribution is 2.52. The minimum atomic E-state index is -2.81. The van der Waals surface area contributed by atoms with E-state index in [-0.39, 0.29) is 43.3 Å². The molecule has 1 amide bonds. The van der Waals surface area contributed by atoms with Crippen molar-refractivity contribution in [2.24, 2.45) is 29.4 Å². The van der Waals surface area contributed by atoms with Gasteiger partial charge in [-0.3, -0.25) is 33.7 Å². The van der Waals surface area contributed by atoms with Crippen molar-refractivity contribution >= 4 is 35.0 Å². The minimum absolute atomic E-state index is 0.0727. The second-order valence-corrected chi connectivity index (χ2v) is 14.2. The highest BCUT2D eigenvalue weighted by atomic mass is 16.5. The van der Waals surface area contributed by atoms with E-state index < -0.39 is 70.4 Å². The number of phenolic OH excluding ortho intramolecular Hbond substituents is 1. The number of benzene rings is 3. The maximum absolute atomic E-state index is 14.3. The quantitative estimate of drug-likeness (QED) is 0.165. The summed E-state index contributed by atoms with van der Waals surface area (Å²) >= 11 is 0. The predicted octanol–water partition coefficient (Wildman–Crippen LogP) is 1.81. The monoisotopic (exact) mass is 725 g/mol. The molecule has 278 valence electrons. The van der Waals surface area contributed by atoms with Crippen molar-refractivity contribution in [3.8, 4) is 22.6 Å². The molecule has 0 aliphatic heterocycles. The van der Waals surface area contributed by atoms with Crippen molar-refractivity contribution in [2.45, 2.75) is 50.4 Å². The number of amides is 1. The zero-order valence-electron chi connectivity index (χ0n) is 30.0. The van der Waals surface area contributed by atoms with Crippen LogP contribution < -0.4 is 15.8 Å². The maximum atomic E-state index is 14.3. The number of primary amides is 1. The van der Waals surface area contributed by atoms with E-state index >= 15 is 0 Å². The summed E-state index contributed by atoms with van der Waals surface area (Å²) in [6.07, 6.45) is 0.419. The molecule has 2 fully saturated rings. The molecule has 3 aromatic rings. The second kappa shape index (κ2) is 14.6. The lowest BCUT2D eigenvalue weighted by atomic mass is 9.52. The number of methoxy groups -OCH3 is 1. The highest BCUT2D eigenvalue weighted by molar-refractivity contribution is 6.32. The van der Waals surface area contributed by atoms with Gasteiger partial charge in [-0.1, -0.05) is 42.5 Å². The first-order chi connectivity index (χ1) is 25.2. The molecule has 0 aromatic heterocycles. The number of rotatable bonds is 11. The number of aromatic hydroxyl groups is 1. The molecule has 13 heteroatoms. The van der Waals surface area contributed by atoms with Gasteiger partial charge < -0.3 is 30.7 Å². The van der Waals surface area contributed by atoms with Gasteiger partial charge in [-0.05, 0) is 86.7 Å². The smallest absolute Gasteiger partial charge is 0.323 e. The van der Waals surface area contributed by atoms with Gasteiger partial charge in [0.05, 0.1) is 31.2 Å². The lowest BCUT2D eigenvalue weighted by molar-refractivity contribution is -0.181. The molecule has 0 spiro atoms. The summed E-state index contributed by atoms with van der Waals surface area (Å²) in [7, 11) is 4.57. The summed E-state index contributed by atoms with van der Waals surface area (Å²) in [5.74, 6) is -11.1. The molecule has 53 heavy (non-hydrogen) atoms. The molecule has 3 aromatic carbocycles. The third kappa shape index (κ3) is 6.42. The van der Waals surface area contributed by atoms with Crippen LogP contribution in [-0.4, -0.2) is 95.6 Å². The number of fused-ring (bicyclic) bond motifs is 3. The van der Waals surface area contributed by atoms with E-state index in [1.165, 1.54) is 32.2 Å². The van der Waals surface area contributed by atoms with Gasteiger partial charge in [0.1, 0.15) is 17.5 Å². The molecule has 0 bridgehead atoms. The van der Waals surface area contributed by atoms with Gasteiger partial charge in [0, 0.05) is 18.0 Å². The first kappa shape index (κ1) is 37.5. The van der Waals surface area contributed by atoms with E-state index in [1.54, 1.807) is 19.1 Å². The highest BCUT2D eigenvalue weighted by Gasteiger charge is 2.69. The number of nitrogens with zero attached hydrogens (tertiary/aromatic N) is 1. The number of carbonyl (C=O) groups excluding carboxylic acids is 6. The van der Waals surface area contributed by atoms with Crippen LogP contribution in [0.4, 0.5) is 0 Å². The number of aliphatic hydroxyl groups is 1. The Hall–Kier alpha value is -5.24. The van der Waals surface area contributed by atoms with E-state index in [9.17, 15) is 39.0 Å². The summed E-state index contributed by atoms with van der Waals surface area (Å²) in [5, 5.41) is 26.3. The van der Waals surface area contributed by atoms with Crippen molar-refractivity contribution in [1.82, 2.24) is 10.2 Å². The summed E-state index contributed by atoms with van der Waals surface area (Å²) in [5.41, 5.74) is 5.80. The average Bonchev–Trinajstić information content (AvgIpc) is 3.12. The molecule has 7 atom stereocenters. The average molecular weight is 726 g/mol. The maximum Gasteiger partial charge on any atom is 0.323 e. The number of ether oxygens (including phenoxy) is 2. The van der Waals surface area contributed by atoms with E-state index in [2.05, 4.69) is 5.32 Å². The van der Waals surface area contributed by atoms with Gasteiger partial charge in [-0.25, -0.2) is 0 Å². The van der Waals surface area contributed by atoms with E-state index in [0.29, 0.717) is 28.9 Å². The fourth-order valence-electron chi connectivity index (χ4n) is 8.51. The molecule has 3 aliphatic carbocycles. The second-order valence-electron chi connectivity index (χ2n) is 14.2. The van der Waals surface area contributed by atoms with Crippen molar-refractivity contribution < 1.29 is 48.5 Å². The van der Waals surface area contributed by atoms with E-state index in [0.717, 1.165) is 11.1 Å². The predicted molar refractivity (Wildman–Crippen MR) is 191 cm³/mol. The SMILES string of the molecule is CCOC(=O)C(Cc1ccccc1)NCc1ccc(OC)c(-c2ccc(O)c3c2C[C@H]2C[C@H]4[C@H](N(C)C)C(=O)C(C(N)=O)C(=O)[C@@]4(O)C(=O)C2C3=O)c1. The van der Waals surface area contributed by atoms with Crippen LogP contribution in [0.3, 0.4) is 0 Å². The molecule has 3 aliphatic rings. The Kier molecular flexibility index (Phi) is 10.4. The molecule has 0 radical (unpaired) electrons. The van der Waals surface area contributed by atoms with Crippen LogP contribution in [0.2, 0.25) is 0 Å². The number of hydrogen-bond acceptors (Lipinski definition) is 12. The number of hydrogen-bond donors (Lipinski definition) is 4. The Balaban J connectivity index is 1.37. The summed E-state index contributed by atoms with van der Waals surface area (Å²) in [4.78, 5) is 82.2. The lowest BCUT2D eigenvalue weighted by Crippen LogP contribution is -2.74. The fraction of sp³-hybridized carbons (Fsp3) is 0.400.